The predicted molar refractivity (Wildman–Crippen MR) is 118 cm³/mol. The number of hydrogen-bond donors (Lipinski definition) is 2. The number of carbonyl (C=O) groups excluding carboxylic acids is 3. The van der Waals surface area contributed by atoms with Gasteiger partial charge in [-0.1, -0.05) is 12.1 Å². The molecule has 0 spiro atoms. The number of nitrogens with one attached hydrogen (secondary N) is 2. The van der Waals surface area contributed by atoms with Crippen LogP contribution in [0.2, 0.25) is 0 Å². The summed E-state index contributed by atoms with van der Waals surface area (Å²) >= 11 is 0. The first kappa shape index (κ1) is 20.3. The van der Waals surface area contributed by atoms with Crippen LogP contribution in [-0.2, 0) is 16.1 Å². The third-order valence-corrected chi connectivity index (χ3v) is 5.09. The van der Waals surface area contributed by atoms with Crippen molar-refractivity contribution in [3.8, 4) is 0 Å². The highest BCUT2D eigenvalue weighted by Crippen LogP contribution is 2.30. The van der Waals surface area contributed by atoms with Gasteiger partial charge in [0.1, 0.15) is 6.54 Å². The van der Waals surface area contributed by atoms with Crippen LogP contribution in [-0.4, -0.2) is 34.0 Å². The van der Waals surface area contributed by atoms with Crippen molar-refractivity contribution >= 4 is 34.8 Å². The van der Waals surface area contributed by atoms with Crippen LogP contribution in [0.1, 0.15) is 28.2 Å². The van der Waals surface area contributed by atoms with Crippen LogP contribution in [0.15, 0.2) is 54.6 Å². The largest absolute Gasteiger partial charge is 0.326 e. The first-order valence-corrected chi connectivity index (χ1v) is 10.0. The van der Waals surface area contributed by atoms with Crippen LogP contribution in [0.3, 0.4) is 0 Å². The predicted octanol–water partition coefficient (Wildman–Crippen LogP) is 3.13. The molecule has 8 heteroatoms. The molecule has 0 fully saturated rings. The summed E-state index contributed by atoms with van der Waals surface area (Å²) in [6.07, 6.45) is 0.294. The maximum Gasteiger partial charge on any atom is 0.258 e. The molecule has 1 aromatic heterocycles. The van der Waals surface area contributed by atoms with Crippen molar-refractivity contribution in [2.24, 2.45) is 0 Å². The number of aromatic nitrogens is 2. The Hall–Kier alpha value is -3.94. The van der Waals surface area contributed by atoms with Crippen molar-refractivity contribution in [2.45, 2.75) is 26.8 Å². The van der Waals surface area contributed by atoms with Crippen LogP contribution in [0.5, 0.6) is 0 Å². The second-order valence-corrected chi connectivity index (χ2v) is 7.48. The van der Waals surface area contributed by atoms with Crippen molar-refractivity contribution in [3.05, 3.63) is 71.5 Å². The zero-order chi connectivity index (χ0) is 22.0. The van der Waals surface area contributed by atoms with Crippen molar-refractivity contribution in [3.63, 3.8) is 0 Å². The summed E-state index contributed by atoms with van der Waals surface area (Å²) in [7, 11) is 0. The summed E-state index contributed by atoms with van der Waals surface area (Å²) in [6.45, 7) is 4.33. The Morgan fingerprint density at radius 3 is 2.55 bits per heavy atom. The molecule has 8 nitrogen and oxygen atoms in total. The molecule has 4 rings (SSSR count). The number of carbonyl (C=O) groups is 3. The highest BCUT2D eigenvalue weighted by molar-refractivity contribution is 6.15. The van der Waals surface area contributed by atoms with Gasteiger partial charge in [-0.25, -0.2) is 0 Å². The number of rotatable bonds is 5. The zero-order valence-corrected chi connectivity index (χ0v) is 17.4. The lowest BCUT2D eigenvalue weighted by Gasteiger charge is -2.29. The van der Waals surface area contributed by atoms with Gasteiger partial charge >= 0.3 is 0 Å². The molecular weight excluding hydrogens is 394 g/mol. The van der Waals surface area contributed by atoms with Gasteiger partial charge in [-0.15, -0.1) is 0 Å². The number of fused-ring (bicyclic) bond motifs is 1. The fourth-order valence-electron chi connectivity index (χ4n) is 3.60. The Bertz CT molecular complexity index is 1150. The topological polar surface area (TPSA) is 96.3 Å². The number of benzene rings is 2. The minimum atomic E-state index is -0.273. The molecule has 0 aliphatic carbocycles. The van der Waals surface area contributed by atoms with Gasteiger partial charge < -0.3 is 10.6 Å². The van der Waals surface area contributed by atoms with E-state index >= 15 is 0 Å². The Kier molecular flexibility index (Phi) is 5.53. The third-order valence-electron chi connectivity index (χ3n) is 5.09. The Balaban J connectivity index is 1.40. The van der Waals surface area contributed by atoms with E-state index in [4.69, 9.17) is 0 Å². The maximum absolute atomic E-state index is 13.0. The average Bonchev–Trinajstić information content (AvgIpc) is 3.08. The molecular formula is C23H23N5O3. The average molecular weight is 417 g/mol. The van der Waals surface area contributed by atoms with Gasteiger partial charge in [0.15, 0.2) is 0 Å². The lowest BCUT2D eigenvalue weighted by molar-refractivity contribution is -0.116. The zero-order valence-electron chi connectivity index (χ0n) is 17.4. The van der Waals surface area contributed by atoms with Crippen molar-refractivity contribution < 1.29 is 14.4 Å². The lowest BCUT2D eigenvalue weighted by Crippen LogP contribution is -2.42. The number of para-hydroxylation sites is 2. The molecule has 1 aliphatic heterocycles. The first-order chi connectivity index (χ1) is 14.9. The van der Waals surface area contributed by atoms with Gasteiger partial charge in [-0.3, -0.25) is 24.0 Å². The van der Waals surface area contributed by atoms with Crippen LogP contribution in [0.25, 0.3) is 0 Å². The van der Waals surface area contributed by atoms with Gasteiger partial charge in [0, 0.05) is 29.9 Å². The summed E-state index contributed by atoms with van der Waals surface area (Å²) in [5.74, 6) is -0.642. The number of hydrogen-bond acceptors (Lipinski definition) is 4. The molecule has 0 bridgehead atoms. The minimum Gasteiger partial charge on any atom is -0.326 e. The second-order valence-electron chi connectivity index (χ2n) is 7.48. The lowest BCUT2D eigenvalue weighted by atomic mass is 10.1. The first-order valence-electron chi connectivity index (χ1n) is 10.0. The van der Waals surface area contributed by atoms with Gasteiger partial charge in [0.2, 0.25) is 11.8 Å². The molecule has 2 N–H and O–H groups in total. The van der Waals surface area contributed by atoms with E-state index in [0.717, 1.165) is 11.4 Å². The molecule has 0 radical (unpaired) electrons. The molecule has 0 saturated carbocycles. The smallest absolute Gasteiger partial charge is 0.258 e. The van der Waals surface area contributed by atoms with Crippen molar-refractivity contribution in [2.75, 3.05) is 22.1 Å². The number of amides is 3. The summed E-state index contributed by atoms with van der Waals surface area (Å²) in [5.41, 5.74) is 4.25. The van der Waals surface area contributed by atoms with Crippen LogP contribution >= 0.6 is 0 Å². The highest BCUT2D eigenvalue weighted by atomic mass is 16.2. The number of nitrogens with zero attached hydrogens (tertiary/aromatic N) is 3. The van der Waals surface area contributed by atoms with Crippen LogP contribution in [0, 0.1) is 13.8 Å². The van der Waals surface area contributed by atoms with Crippen LogP contribution < -0.4 is 15.5 Å². The standard InChI is InChI=1S/C23H23N5O3/c1-15-13-16(2)28(26-15)12-11-21(29)24-18-9-7-17(8-10-18)23(31)27-14-22(30)25-19-5-3-4-6-20(19)27/h3-10,13H,11-12,14H2,1-2H3,(H,24,29)(H,25,30). The summed E-state index contributed by atoms with van der Waals surface area (Å²) in [4.78, 5) is 38.7. The van der Waals surface area contributed by atoms with Crippen molar-refractivity contribution in [1.82, 2.24) is 9.78 Å². The van der Waals surface area contributed by atoms with E-state index in [1.54, 1.807) is 42.5 Å². The minimum absolute atomic E-state index is 0.0410. The van der Waals surface area contributed by atoms with Gasteiger partial charge in [0.25, 0.3) is 5.91 Å². The molecule has 0 atom stereocenters. The molecule has 2 aromatic carbocycles. The summed E-state index contributed by atoms with van der Waals surface area (Å²) in [6, 6.07) is 15.8. The molecule has 3 amide bonds. The molecule has 2 heterocycles. The number of anilines is 3. The fourth-order valence-corrected chi connectivity index (χ4v) is 3.60. The monoisotopic (exact) mass is 417 g/mol. The quantitative estimate of drug-likeness (QED) is 0.667. The Morgan fingerprint density at radius 2 is 1.84 bits per heavy atom. The van der Waals surface area contributed by atoms with Crippen LogP contribution in [0.4, 0.5) is 17.1 Å². The van der Waals surface area contributed by atoms with Gasteiger partial charge in [0.05, 0.1) is 17.1 Å². The Labute approximate surface area is 179 Å². The van der Waals surface area contributed by atoms with Crippen molar-refractivity contribution in [1.29, 1.82) is 0 Å². The molecule has 1 aliphatic rings. The van der Waals surface area contributed by atoms with E-state index in [2.05, 4.69) is 15.7 Å². The van der Waals surface area contributed by atoms with E-state index < -0.39 is 0 Å². The molecule has 3 aromatic rings. The third kappa shape index (κ3) is 4.48. The summed E-state index contributed by atoms with van der Waals surface area (Å²) in [5, 5.41) is 9.96. The van der Waals surface area contributed by atoms with Gasteiger partial charge in [-0.2, -0.15) is 5.10 Å². The fraction of sp³-hybridized carbons (Fsp3) is 0.217. The molecule has 31 heavy (non-hydrogen) atoms. The molecule has 0 unspecified atom stereocenters. The van der Waals surface area contributed by atoms with Gasteiger partial charge in [-0.05, 0) is 56.3 Å². The van der Waals surface area contributed by atoms with E-state index in [0.29, 0.717) is 35.6 Å². The van der Waals surface area contributed by atoms with E-state index in [1.807, 2.05) is 30.7 Å². The van der Waals surface area contributed by atoms with E-state index in [1.165, 1.54) is 4.90 Å². The highest BCUT2D eigenvalue weighted by Gasteiger charge is 2.27. The van der Waals surface area contributed by atoms with E-state index in [-0.39, 0.29) is 24.3 Å². The maximum atomic E-state index is 13.0. The normalized spacial score (nSPS) is 12.8. The van der Waals surface area contributed by atoms with E-state index in [9.17, 15) is 14.4 Å². The molecule has 0 saturated heterocycles. The molecule has 158 valence electrons. The SMILES string of the molecule is Cc1cc(C)n(CCC(=O)Nc2ccc(C(=O)N3CC(=O)Nc4ccccc43)cc2)n1. The summed E-state index contributed by atoms with van der Waals surface area (Å²) < 4.78 is 1.81. The Morgan fingerprint density at radius 1 is 1.10 bits per heavy atom. The number of aryl methyl sites for hydroxylation is 3. The second kappa shape index (κ2) is 8.43.